The van der Waals surface area contributed by atoms with Crippen molar-refractivity contribution < 1.29 is 37.7 Å². The first kappa shape index (κ1) is 31.1. The molecule has 0 aliphatic carbocycles. The fourth-order valence-corrected chi connectivity index (χ4v) is 3.61. The third kappa shape index (κ3) is 9.60. The van der Waals surface area contributed by atoms with Crippen LogP contribution in [0.15, 0.2) is 60.9 Å². The quantitative estimate of drug-likeness (QED) is 0.320. The van der Waals surface area contributed by atoms with Crippen LogP contribution in [-0.2, 0) is 23.2 Å². The van der Waals surface area contributed by atoms with E-state index in [1.165, 1.54) is 16.5 Å². The number of halogens is 3. The van der Waals surface area contributed by atoms with E-state index in [0.29, 0.717) is 17.5 Å². The van der Waals surface area contributed by atoms with Crippen molar-refractivity contribution >= 4 is 18.0 Å². The maximum absolute atomic E-state index is 13.9. The van der Waals surface area contributed by atoms with Gasteiger partial charge in [0, 0.05) is 18.7 Å². The number of carboxylic acids is 1. The van der Waals surface area contributed by atoms with E-state index in [1.54, 1.807) is 24.3 Å². The number of benzene rings is 2. The molecule has 210 valence electrons. The first-order valence-corrected chi connectivity index (χ1v) is 12.0. The van der Waals surface area contributed by atoms with Crippen LogP contribution in [0.5, 0.6) is 5.75 Å². The first-order valence-electron chi connectivity index (χ1n) is 12.0. The molecule has 2 heterocycles. The second-order valence-electron chi connectivity index (χ2n) is 9.74. The molecule has 3 aromatic rings. The lowest BCUT2D eigenvalue weighted by atomic mass is 10.0. The van der Waals surface area contributed by atoms with E-state index < -0.39 is 29.3 Å². The molecule has 1 amide bonds. The molecule has 0 bridgehead atoms. The molecule has 1 atom stereocenters. The number of nitrogens with one attached hydrogen (secondary N) is 1. The van der Waals surface area contributed by atoms with E-state index in [9.17, 15) is 27.9 Å². The number of aryl methyl sites for hydroxylation is 1. The molecule has 8 nitrogen and oxygen atoms in total. The van der Waals surface area contributed by atoms with E-state index in [0.717, 1.165) is 38.6 Å². The standard InChI is InChI=1S/C17H13F2NO2.C7H13N3.C4H7FO2/c18-13-4-5-16(19)15(8-13)12-7-17(20(9-12)10-21)11-2-1-3-14(22)6-11;1-9(2)5-7-4-8-10(3)6-7;1-4(2,5)3(6)7/h1-8,10,17,22H,9H2;4,6H,5H2,1-3H3;1-2H3,(H,6,7)/p+1. The van der Waals surface area contributed by atoms with Gasteiger partial charge >= 0.3 is 5.97 Å². The van der Waals surface area contributed by atoms with E-state index in [2.05, 4.69) is 30.3 Å². The number of hydrogen-bond acceptors (Lipinski definition) is 4. The van der Waals surface area contributed by atoms with Gasteiger partial charge in [-0.1, -0.05) is 18.2 Å². The highest BCUT2D eigenvalue weighted by Gasteiger charge is 2.27. The fraction of sp³-hybridized carbons (Fsp3) is 0.321. The number of aliphatic carboxylic acids is 1. The normalized spacial score (nSPS) is 14.6. The van der Waals surface area contributed by atoms with Crippen LogP contribution in [-0.4, -0.2) is 63.8 Å². The average Bonchev–Trinajstić information content (AvgIpc) is 3.46. The van der Waals surface area contributed by atoms with Crippen molar-refractivity contribution in [1.82, 2.24) is 14.9 Å². The van der Waals surface area contributed by atoms with Gasteiger partial charge in [0.05, 0.1) is 17.8 Å². The van der Waals surface area contributed by atoms with Gasteiger partial charge in [-0.05, 0) is 69.4 Å². The molecule has 0 saturated heterocycles. The topological polar surface area (TPSA) is 101 Å². The number of alkyl halides is 1. The zero-order chi connectivity index (χ0) is 29.3. The largest absolute Gasteiger partial charge is 0.508 e. The number of amides is 1. The molecule has 39 heavy (non-hydrogen) atoms. The third-order valence-corrected chi connectivity index (χ3v) is 5.51. The summed E-state index contributed by atoms with van der Waals surface area (Å²) in [7, 11) is 6.11. The molecule has 3 N–H and O–H groups in total. The molecule has 0 fully saturated rings. The highest BCUT2D eigenvalue weighted by Crippen LogP contribution is 2.35. The van der Waals surface area contributed by atoms with Gasteiger partial charge in [0.15, 0.2) is 13.2 Å². The van der Waals surface area contributed by atoms with E-state index in [-0.39, 0.29) is 17.9 Å². The number of phenols is 1. The predicted molar refractivity (Wildman–Crippen MR) is 140 cm³/mol. The van der Waals surface area contributed by atoms with Crippen LogP contribution in [0.4, 0.5) is 13.2 Å². The number of hydrogen-bond donors (Lipinski definition) is 3. The lowest BCUT2D eigenvalue weighted by Crippen LogP contribution is -2.28. The van der Waals surface area contributed by atoms with Crippen LogP contribution in [0, 0.1) is 11.6 Å². The molecule has 1 aliphatic heterocycles. The average molecular weight is 548 g/mol. The van der Waals surface area contributed by atoms with Crippen molar-refractivity contribution in [3.05, 3.63) is 89.3 Å². The van der Waals surface area contributed by atoms with Gasteiger partial charge in [0.1, 0.15) is 17.4 Å². The van der Waals surface area contributed by atoms with Crippen molar-refractivity contribution in [1.29, 1.82) is 0 Å². The zero-order valence-corrected chi connectivity index (χ0v) is 22.5. The summed E-state index contributed by atoms with van der Waals surface area (Å²) < 4.78 is 41.1. The summed E-state index contributed by atoms with van der Waals surface area (Å²) in [4.78, 5) is 24.5. The summed E-state index contributed by atoms with van der Waals surface area (Å²) in [6, 6.07) is 9.34. The molecule has 2 aromatic carbocycles. The molecule has 1 aromatic heterocycles. The summed E-state index contributed by atoms with van der Waals surface area (Å²) in [5, 5.41) is 20.5. The van der Waals surface area contributed by atoms with Crippen LogP contribution < -0.4 is 4.68 Å². The van der Waals surface area contributed by atoms with Crippen LogP contribution in [0.1, 0.15) is 36.6 Å². The highest BCUT2D eigenvalue weighted by atomic mass is 19.1. The Balaban J connectivity index is 0.000000259. The number of carboxylic acid groups (broad SMARTS) is 1. The number of rotatable bonds is 6. The van der Waals surface area contributed by atoms with Gasteiger partial charge in [-0.15, -0.1) is 4.68 Å². The molecule has 0 spiro atoms. The molecule has 1 aliphatic rings. The number of carbonyl (C=O) groups excluding carboxylic acids is 1. The van der Waals surface area contributed by atoms with Gasteiger partial charge < -0.3 is 20.0 Å². The van der Waals surface area contributed by atoms with Crippen LogP contribution in [0.3, 0.4) is 0 Å². The van der Waals surface area contributed by atoms with Gasteiger partial charge in [-0.25, -0.2) is 18.0 Å². The Labute approximate surface area is 225 Å². The molecule has 0 saturated carbocycles. The van der Waals surface area contributed by atoms with Gasteiger partial charge in [0.25, 0.3) is 0 Å². The monoisotopic (exact) mass is 547 g/mol. The van der Waals surface area contributed by atoms with E-state index >= 15 is 0 Å². The van der Waals surface area contributed by atoms with Gasteiger partial charge in [0.2, 0.25) is 12.1 Å². The summed E-state index contributed by atoms with van der Waals surface area (Å²) in [6.07, 6.45) is 6.47. The van der Waals surface area contributed by atoms with Crippen molar-refractivity contribution in [3.63, 3.8) is 0 Å². The summed E-state index contributed by atoms with van der Waals surface area (Å²) >= 11 is 0. The minimum atomic E-state index is -2.08. The van der Waals surface area contributed by atoms with Crippen molar-refractivity contribution in [2.45, 2.75) is 32.1 Å². The molecule has 0 radical (unpaired) electrons. The lowest BCUT2D eigenvalue weighted by Gasteiger charge is -2.20. The van der Waals surface area contributed by atoms with Gasteiger partial charge in [-0.3, -0.25) is 4.79 Å². The van der Waals surface area contributed by atoms with Crippen LogP contribution in [0.2, 0.25) is 0 Å². The number of nitrogens with zero attached hydrogens (tertiary/aromatic N) is 3. The van der Waals surface area contributed by atoms with Crippen LogP contribution in [0.25, 0.3) is 5.57 Å². The third-order valence-electron chi connectivity index (χ3n) is 5.51. The smallest absolute Gasteiger partial charge is 0.340 e. The van der Waals surface area contributed by atoms with Crippen LogP contribution >= 0.6 is 0 Å². The lowest BCUT2D eigenvalue weighted by molar-refractivity contribution is -0.727. The minimum Gasteiger partial charge on any atom is -0.508 e. The fourth-order valence-electron chi connectivity index (χ4n) is 3.61. The Bertz CT molecular complexity index is 1300. The maximum Gasteiger partial charge on any atom is 0.340 e. The Morgan fingerprint density at radius 1 is 1.23 bits per heavy atom. The van der Waals surface area contributed by atoms with Crippen molar-refractivity contribution in [3.8, 4) is 5.75 Å². The number of phenolic OH excluding ortho intramolecular Hbond substituents is 1. The number of aromatic amines is 1. The van der Waals surface area contributed by atoms with E-state index in [4.69, 9.17) is 5.11 Å². The molecule has 1 unspecified atom stereocenters. The van der Waals surface area contributed by atoms with Crippen molar-refractivity contribution in [2.75, 3.05) is 20.6 Å². The second-order valence-corrected chi connectivity index (χ2v) is 9.74. The number of carbonyl (C=O) groups is 2. The maximum atomic E-state index is 13.9. The Kier molecular flexibility index (Phi) is 10.9. The number of aromatic nitrogens is 2. The first-order chi connectivity index (χ1) is 18.2. The zero-order valence-electron chi connectivity index (χ0n) is 22.5. The van der Waals surface area contributed by atoms with Gasteiger partial charge in [-0.2, -0.15) is 5.10 Å². The highest BCUT2D eigenvalue weighted by molar-refractivity contribution is 5.76. The predicted octanol–water partition coefficient (Wildman–Crippen LogP) is 3.99. The molecule has 11 heteroatoms. The Morgan fingerprint density at radius 3 is 2.41 bits per heavy atom. The second kappa shape index (κ2) is 13.6. The Hall–Kier alpha value is -4.12. The SMILES string of the molecule is CC(C)(F)C(=O)O.CN(C)Cc1c[nH][n+](C)c1.O=CN1CC(c2cc(F)ccc2F)=CC1c1cccc(O)c1. The molecule has 4 rings (SSSR count). The summed E-state index contributed by atoms with van der Waals surface area (Å²) in [6.45, 7) is 3.17. The minimum absolute atomic E-state index is 0.0853. The number of aromatic hydroxyl groups is 1. The van der Waals surface area contributed by atoms with Crippen molar-refractivity contribution in [2.24, 2.45) is 7.05 Å². The Morgan fingerprint density at radius 2 is 1.90 bits per heavy atom. The molecular weight excluding hydrogens is 513 g/mol. The number of H-pyrrole nitrogens is 1. The summed E-state index contributed by atoms with van der Waals surface area (Å²) in [5.74, 6) is -2.40. The van der Waals surface area contributed by atoms with E-state index in [1.807, 2.05) is 17.9 Å². The summed E-state index contributed by atoms with van der Waals surface area (Å²) in [5.41, 5.74) is 0.623. The molecular formula is C28H34F3N4O4+.